The van der Waals surface area contributed by atoms with Crippen molar-refractivity contribution < 1.29 is 14.3 Å². The van der Waals surface area contributed by atoms with Gasteiger partial charge in [-0.05, 0) is 24.6 Å². The molecule has 0 amide bonds. The maximum atomic E-state index is 11.6. The quantitative estimate of drug-likeness (QED) is 0.825. The fraction of sp³-hybridized carbons (Fsp3) is 0.158. The Kier molecular flexibility index (Phi) is 5.05. The van der Waals surface area contributed by atoms with E-state index in [-0.39, 0.29) is 0 Å². The first-order chi connectivity index (χ1) is 12.1. The van der Waals surface area contributed by atoms with Gasteiger partial charge >= 0.3 is 6.16 Å². The number of hydrogen-bond donors (Lipinski definition) is 1. The smallest absolute Gasteiger partial charge is 0.437 e. The lowest BCUT2D eigenvalue weighted by Gasteiger charge is -2.26. The van der Waals surface area contributed by atoms with E-state index in [0.717, 1.165) is 11.1 Å². The molecule has 0 saturated heterocycles. The molecule has 0 radical (unpaired) electrons. The zero-order valence-corrected chi connectivity index (χ0v) is 14.6. The van der Waals surface area contributed by atoms with Gasteiger partial charge in [-0.25, -0.2) is 4.79 Å². The van der Waals surface area contributed by atoms with E-state index in [1.807, 2.05) is 49.4 Å². The summed E-state index contributed by atoms with van der Waals surface area (Å²) in [6.45, 7) is 1.83. The van der Waals surface area contributed by atoms with Crippen LogP contribution in [0.15, 0.2) is 71.0 Å². The third-order valence-electron chi connectivity index (χ3n) is 3.75. The third-order valence-corrected chi connectivity index (χ3v) is 3.99. The molecule has 0 spiro atoms. The van der Waals surface area contributed by atoms with Crippen molar-refractivity contribution in [2.75, 3.05) is 7.11 Å². The van der Waals surface area contributed by atoms with Crippen molar-refractivity contribution in [2.45, 2.75) is 13.0 Å². The first-order valence-electron chi connectivity index (χ1n) is 7.70. The monoisotopic (exact) mass is 356 g/mol. The topological polar surface area (TPSA) is 59.9 Å². The Morgan fingerprint density at radius 3 is 2.60 bits per heavy atom. The first kappa shape index (κ1) is 17.0. The maximum Gasteiger partial charge on any atom is 0.513 e. The van der Waals surface area contributed by atoms with Crippen molar-refractivity contribution in [3.8, 4) is 0 Å². The summed E-state index contributed by atoms with van der Waals surface area (Å²) >= 11 is 6.12. The Morgan fingerprint density at radius 1 is 1.16 bits per heavy atom. The highest BCUT2D eigenvalue weighted by Gasteiger charge is 2.28. The minimum Gasteiger partial charge on any atom is -0.437 e. The number of rotatable bonds is 3. The number of ether oxygens (including phenoxy) is 2. The minimum absolute atomic E-state index is 0.383. The number of allylic oxidation sites excluding steroid dienone is 1. The Labute approximate surface area is 150 Å². The van der Waals surface area contributed by atoms with Crippen molar-refractivity contribution in [2.24, 2.45) is 4.99 Å². The SMILES string of the molecule is COC(=O)OC1=C(C)NC(c2ccccc2)=NC1c1cccc(Cl)c1. The Balaban J connectivity index is 2.05. The number of halogens is 1. The van der Waals surface area contributed by atoms with Crippen LogP contribution in [0.2, 0.25) is 5.02 Å². The second-order valence-corrected chi connectivity index (χ2v) is 5.91. The second-order valence-electron chi connectivity index (χ2n) is 5.47. The van der Waals surface area contributed by atoms with Crippen molar-refractivity contribution in [3.63, 3.8) is 0 Å². The standard InChI is InChI=1S/C19H17ClN2O3/c1-12-17(25-19(23)24-2)16(14-9-6-10-15(20)11-14)22-18(21-12)13-7-4-3-5-8-13/h3-11,16H,1-2H3,(H,21,22). The van der Waals surface area contributed by atoms with Crippen LogP contribution in [-0.2, 0) is 9.47 Å². The lowest BCUT2D eigenvalue weighted by Crippen LogP contribution is -2.31. The van der Waals surface area contributed by atoms with Gasteiger partial charge in [0.05, 0.1) is 12.8 Å². The number of nitrogens with zero attached hydrogens (tertiary/aromatic N) is 1. The predicted molar refractivity (Wildman–Crippen MR) is 96.5 cm³/mol. The molecule has 2 aromatic rings. The summed E-state index contributed by atoms with van der Waals surface area (Å²) in [5.41, 5.74) is 2.44. The van der Waals surface area contributed by atoms with Crippen LogP contribution < -0.4 is 5.32 Å². The van der Waals surface area contributed by atoms with Crippen molar-refractivity contribution in [1.29, 1.82) is 0 Å². The number of benzene rings is 2. The predicted octanol–water partition coefficient (Wildman–Crippen LogP) is 4.45. The molecule has 1 aliphatic heterocycles. The van der Waals surface area contributed by atoms with Crippen LogP contribution in [0.25, 0.3) is 0 Å². The molecule has 128 valence electrons. The van der Waals surface area contributed by atoms with Crippen LogP contribution in [0.3, 0.4) is 0 Å². The fourth-order valence-corrected chi connectivity index (χ4v) is 2.77. The van der Waals surface area contributed by atoms with Gasteiger partial charge in [-0.1, -0.05) is 54.1 Å². The molecule has 6 heteroatoms. The largest absolute Gasteiger partial charge is 0.513 e. The number of aliphatic imine (C=N–C) groups is 1. The molecule has 25 heavy (non-hydrogen) atoms. The van der Waals surface area contributed by atoms with Crippen LogP contribution in [0.5, 0.6) is 0 Å². The highest BCUT2D eigenvalue weighted by molar-refractivity contribution is 6.30. The Bertz CT molecular complexity index is 847. The third kappa shape index (κ3) is 3.83. The van der Waals surface area contributed by atoms with Crippen LogP contribution in [-0.4, -0.2) is 19.1 Å². The van der Waals surface area contributed by atoms with Gasteiger partial charge in [0.25, 0.3) is 0 Å². The van der Waals surface area contributed by atoms with Gasteiger partial charge in [-0.2, -0.15) is 0 Å². The summed E-state index contributed by atoms with van der Waals surface area (Å²) in [6, 6.07) is 16.5. The van der Waals surface area contributed by atoms with E-state index >= 15 is 0 Å². The molecular formula is C19H17ClN2O3. The normalized spacial score (nSPS) is 16.8. The molecule has 1 heterocycles. The van der Waals surface area contributed by atoms with Crippen LogP contribution >= 0.6 is 11.6 Å². The summed E-state index contributed by atoms with van der Waals surface area (Å²) < 4.78 is 9.97. The lowest BCUT2D eigenvalue weighted by atomic mass is 10.0. The van der Waals surface area contributed by atoms with Crippen LogP contribution in [0, 0.1) is 0 Å². The van der Waals surface area contributed by atoms with Gasteiger partial charge in [0.1, 0.15) is 11.9 Å². The van der Waals surface area contributed by atoms with Crippen molar-refractivity contribution in [3.05, 3.63) is 82.2 Å². The van der Waals surface area contributed by atoms with E-state index in [9.17, 15) is 4.79 Å². The van der Waals surface area contributed by atoms with E-state index in [0.29, 0.717) is 22.3 Å². The zero-order valence-electron chi connectivity index (χ0n) is 13.8. The maximum absolute atomic E-state index is 11.6. The number of amidine groups is 1. The summed E-state index contributed by atoms with van der Waals surface area (Å²) in [5.74, 6) is 1.08. The van der Waals surface area contributed by atoms with E-state index in [2.05, 4.69) is 10.1 Å². The number of carbonyl (C=O) groups excluding carboxylic acids is 1. The van der Waals surface area contributed by atoms with Gasteiger partial charge in [0, 0.05) is 10.6 Å². The molecule has 1 atom stereocenters. The van der Waals surface area contributed by atoms with E-state index in [1.54, 1.807) is 12.1 Å². The molecule has 0 saturated carbocycles. The van der Waals surface area contributed by atoms with E-state index < -0.39 is 12.2 Å². The molecule has 0 fully saturated rings. The van der Waals surface area contributed by atoms with Crippen LogP contribution in [0.1, 0.15) is 24.1 Å². The highest BCUT2D eigenvalue weighted by Crippen LogP contribution is 2.33. The number of methoxy groups -OCH3 is 1. The lowest BCUT2D eigenvalue weighted by molar-refractivity contribution is 0.0913. The summed E-state index contributed by atoms with van der Waals surface area (Å²) in [7, 11) is 1.27. The molecule has 0 bridgehead atoms. The van der Waals surface area contributed by atoms with Crippen LogP contribution in [0.4, 0.5) is 4.79 Å². The Hall–Kier alpha value is -2.79. The van der Waals surface area contributed by atoms with Gasteiger partial charge in [0.2, 0.25) is 0 Å². The highest BCUT2D eigenvalue weighted by atomic mass is 35.5. The second kappa shape index (κ2) is 7.40. The summed E-state index contributed by atoms with van der Waals surface area (Å²) in [5, 5.41) is 3.78. The zero-order chi connectivity index (χ0) is 17.8. The molecule has 1 unspecified atom stereocenters. The molecule has 5 nitrogen and oxygen atoms in total. The van der Waals surface area contributed by atoms with Crippen molar-refractivity contribution >= 4 is 23.6 Å². The van der Waals surface area contributed by atoms with E-state index in [1.165, 1.54) is 7.11 Å². The molecular weight excluding hydrogens is 340 g/mol. The van der Waals surface area contributed by atoms with Gasteiger partial charge in [-0.15, -0.1) is 0 Å². The molecule has 1 N–H and O–H groups in total. The molecule has 0 aliphatic carbocycles. The Morgan fingerprint density at radius 2 is 1.92 bits per heavy atom. The summed E-state index contributed by atoms with van der Waals surface area (Å²) in [6.07, 6.45) is -0.790. The number of hydrogen-bond acceptors (Lipinski definition) is 5. The van der Waals surface area contributed by atoms with E-state index in [4.69, 9.17) is 21.3 Å². The first-order valence-corrected chi connectivity index (χ1v) is 8.08. The fourth-order valence-electron chi connectivity index (χ4n) is 2.57. The molecule has 1 aliphatic rings. The van der Waals surface area contributed by atoms with Gasteiger partial charge in [0.15, 0.2) is 5.76 Å². The molecule has 3 rings (SSSR count). The summed E-state index contributed by atoms with van der Waals surface area (Å²) in [4.78, 5) is 16.4. The minimum atomic E-state index is -0.790. The molecule has 2 aromatic carbocycles. The average molecular weight is 357 g/mol. The van der Waals surface area contributed by atoms with Gasteiger partial charge in [-0.3, -0.25) is 4.99 Å². The van der Waals surface area contributed by atoms with Gasteiger partial charge < -0.3 is 14.8 Å². The number of nitrogens with one attached hydrogen (secondary N) is 1. The average Bonchev–Trinajstić information content (AvgIpc) is 2.63. The molecule has 0 aromatic heterocycles. The van der Waals surface area contributed by atoms with Crippen molar-refractivity contribution in [1.82, 2.24) is 5.32 Å². The number of carbonyl (C=O) groups is 1.